The monoisotopic (exact) mass is 916 g/mol. The van der Waals surface area contributed by atoms with Crippen LogP contribution in [-0.2, 0) is 4.79 Å². The Hall–Kier alpha value is -1.47. The first kappa shape index (κ1) is 63.5. The molecule has 6 heteroatoms. The maximum Gasteiger partial charge on any atom is 0.249 e. The van der Waals surface area contributed by atoms with Crippen molar-refractivity contribution in [2.75, 3.05) is 6.61 Å². The molecule has 0 rings (SSSR count). The van der Waals surface area contributed by atoms with E-state index in [-0.39, 0.29) is 0 Å². The van der Waals surface area contributed by atoms with Gasteiger partial charge in [0.2, 0.25) is 5.91 Å². The third-order valence-electron chi connectivity index (χ3n) is 13.6. The molecule has 0 aliphatic rings. The molecule has 0 saturated heterocycles. The summed E-state index contributed by atoms with van der Waals surface area (Å²) in [5.41, 5.74) is 0. The van der Waals surface area contributed by atoms with E-state index in [2.05, 4.69) is 55.6 Å². The molecule has 0 aromatic rings. The van der Waals surface area contributed by atoms with Gasteiger partial charge in [0.1, 0.15) is 12.2 Å². The average Bonchev–Trinajstić information content (AvgIpc) is 3.31. The number of hydrogen-bond acceptors (Lipinski definition) is 5. The van der Waals surface area contributed by atoms with Crippen LogP contribution >= 0.6 is 0 Å². The predicted molar refractivity (Wildman–Crippen MR) is 284 cm³/mol. The van der Waals surface area contributed by atoms with Crippen molar-refractivity contribution in [2.45, 2.75) is 327 Å². The molecule has 5 N–H and O–H groups in total. The second-order valence-corrected chi connectivity index (χ2v) is 20.0. The number of carbonyl (C=O) groups excluding carboxylic acids is 1. The molecular weight excluding hydrogens is 803 g/mol. The smallest absolute Gasteiger partial charge is 0.249 e. The molecule has 65 heavy (non-hydrogen) atoms. The Morgan fingerprint density at radius 2 is 0.646 bits per heavy atom. The van der Waals surface area contributed by atoms with E-state index in [1.165, 1.54) is 231 Å². The Bertz CT molecular complexity index is 1030. The zero-order chi connectivity index (χ0) is 47.4. The number of aliphatic hydroxyl groups excluding tert-OH is 4. The molecule has 0 fully saturated rings. The van der Waals surface area contributed by atoms with Crippen molar-refractivity contribution in [1.29, 1.82) is 0 Å². The fourth-order valence-electron chi connectivity index (χ4n) is 9.01. The first-order valence-electron chi connectivity index (χ1n) is 28.9. The van der Waals surface area contributed by atoms with E-state index in [0.717, 1.165) is 38.5 Å². The Balaban J connectivity index is 3.69. The summed E-state index contributed by atoms with van der Waals surface area (Å²) < 4.78 is 0. The van der Waals surface area contributed by atoms with Crippen molar-refractivity contribution in [2.24, 2.45) is 0 Å². The van der Waals surface area contributed by atoms with Gasteiger partial charge in [0, 0.05) is 0 Å². The summed E-state index contributed by atoms with van der Waals surface area (Å²) in [6.07, 6.45) is 66.5. The van der Waals surface area contributed by atoms with Crippen LogP contribution in [0.2, 0.25) is 0 Å². The highest BCUT2D eigenvalue weighted by atomic mass is 16.3. The Labute approximate surface area is 405 Å². The van der Waals surface area contributed by atoms with Crippen LogP contribution in [0, 0.1) is 0 Å². The quantitative estimate of drug-likeness (QED) is 0.0308. The highest BCUT2D eigenvalue weighted by Crippen LogP contribution is 2.17. The molecule has 0 aliphatic heterocycles. The molecule has 0 aromatic carbocycles. The summed E-state index contributed by atoms with van der Waals surface area (Å²) >= 11 is 0. The van der Waals surface area contributed by atoms with Gasteiger partial charge in [-0.1, -0.05) is 262 Å². The van der Waals surface area contributed by atoms with Gasteiger partial charge in [-0.25, -0.2) is 0 Å². The minimum absolute atomic E-state index is 0.357. The number of nitrogens with one attached hydrogen (secondary N) is 1. The zero-order valence-electron chi connectivity index (χ0n) is 43.5. The number of amides is 1. The van der Waals surface area contributed by atoms with Crippen molar-refractivity contribution >= 4 is 5.91 Å². The van der Waals surface area contributed by atoms with Gasteiger partial charge in [-0.2, -0.15) is 0 Å². The molecule has 0 radical (unpaired) electrons. The molecule has 0 spiro atoms. The second kappa shape index (κ2) is 53.5. The van der Waals surface area contributed by atoms with Gasteiger partial charge >= 0.3 is 0 Å². The van der Waals surface area contributed by atoms with Gasteiger partial charge in [0.05, 0.1) is 18.8 Å². The lowest BCUT2D eigenvalue weighted by Crippen LogP contribution is -2.53. The lowest BCUT2D eigenvalue weighted by Gasteiger charge is -2.27. The zero-order valence-corrected chi connectivity index (χ0v) is 43.5. The number of hydrogen-bond donors (Lipinski definition) is 5. The van der Waals surface area contributed by atoms with Crippen LogP contribution in [-0.4, -0.2) is 57.3 Å². The van der Waals surface area contributed by atoms with Crippen LogP contribution < -0.4 is 5.32 Å². The molecule has 0 bridgehead atoms. The van der Waals surface area contributed by atoms with E-state index >= 15 is 0 Å². The van der Waals surface area contributed by atoms with Crippen molar-refractivity contribution < 1.29 is 25.2 Å². The highest BCUT2D eigenvalue weighted by Gasteiger charge is 2.28. The van der Waals surface area contributed by atoms with Crippen LogP contribution in [0.5, 0.6) is 0 Å². The third kappa shape index (κ3) is 47.4. The van der Waals surface area contributed by atoms with Crippen LogP contribution in [0.1, 0.15) is 303 Å². The van der Waals surface area contributed by atoms with Crippen molar-refractivity contribution in [3.63, 3.8) is 0 Å². The standard InChI is InChI=1S/C59H113NO5/c1-3-5-7-9-11-13-15-17-19-21-23-25-27-29-31-32-34-36-38-40-42-44-46-48-50-52-56(62)58(64)55(54-61)60-59(65)57(63)53-51-49-47-45-43-41-39-37-35-33-30-28-26-24-22-20-18-16-14-12-10-8-6-4-2/h30,33,36,38,44,46,55-58,61-64H,3-29,31-32,34-35,37,39-43,45,47-54H2,1-2H3,(H,60,65)/b33-30-,38-36+,46-44+. The van der Waals surface area contributed by atoms with Gasteiger partial charge in [-0.15, -0.1) is 0 Å². The van der Waals surface area contributed by atoms with Gasteiger partial charge in [-0.05, 0) is 77.0 Å². The van der Waals surface area contributed by atoms with Crippen LogP contribution in [0.4, 0.5) is 0 Å². The van der Waals surface area contributed by atoms with Gasteiger partial charge in [0.15, 0.2) is 0 Å². The maximum atomic E-state index is 12.6. The minimum atomic E-state index is -1.29. The van der Waals surface area contributed by atoms with E-state index in [4.69, 9.17) is 0 Å². The molecular formula is C59H113NO5. The van der Waals surface area contributed by atoms with E-state index in [0.29, 0.717) is 19.3 Å². The predicted octanol–water partition coefficient (Wildman–Crippen LogP) is 16.8. The second-order valence-electron chi connectivity index (χ2n) is 20.0. The number of aliphatic hydroxyl groups is 4. The summed E-state index contributed by atoms with van der Waals surface area (Å²) in [6.45, 7) is 4.07. The van der Waals surface area contributed by atoms with E-state index in [1.54, 1.807) is 0 Å². The summed E-state index contributed by atoms with van der Waals surface area (Å²) in [4.78, 5) is 12.6. The SMILES string of the molecule is CCCCCCCCCCCCCC/C=C\CCCCCCCCCCC(O)C(=O)NC(CO)C(O)C(O)CCC/C=C/CC/C=C/CCCCCCCCCCCCCCCCCC. The van der Waals surface area contributed by atoms with Gasteiger partial charge in [0.25, 0.3) is 0 Å². The molecule has 0 aromatic heterocycles. The Kier molecular flexibility index (Phi) is 52.3. The Morgan fingerprint density at radius 3 is 0.969 bits per heavy atom. The first-order chi connectivity index (χ1) is 32.0. The summed E-state index contributed by atoms with van der Waals surface area (Å²) in [5, 5.41) is 44.0. The van der Waals surface area contributed by atoms with E-state index in [1.807, 2.05) is 0 Å². The lowest BCUT2D eigenvalue weighted by molar-refractivity contribution is -0.132. The largest absolute Gasteiger partial charge is 0.394 e. The molecule has 0 saturated carbocycles. The molecule has 1 amide bonds. The molecule has 0 heterocycles. The topological polar surface area (TPSA) is 110 Å². The number of unbranched alkanes of at least 4 members (excludes halogenated alkanes) is 38. The van der Waals surface area contributed by atoms with E-state index < -0.39 is 36.9 Å². The fraction of sp³-hybridized carbons (Fsp3) is 0.881. The lowest BCUT2D eigenvalue weighted by atomic mass is 10.00. The van der Waals surface area contributed by atoms with Gasteiger partial charge in [-0.3, -0.25) is 4.79 Å². The third-order valence-corrected chi connectivity index (χ3v) is 13.6. The van der Waals surface area contributed by atoms with Crippen molar-refractivity contribution in [3.8, 4) is 0 Å². The maximum absolute atomic E-state index is 12.6. The molecule has 0 aliphatic carbocycles. The first-order valence-corrected chi connectivity index (χ1v) is 28.9. The summed E-state index contributed by atoms with van der Waals surface area (Å²) in [5.74, 6) is -0.597. The molecule has 384 valence electrons. The molecule has 4 atom stereocenters. The highest BCUT2D eigenvalue weighted by molar-refractivity contribution is 5.80. The van der Waals surface area contributed by atoms with Crippen LogP contribution in [0.25, 0.3) is 0 Å². The number of rotatable bonds is 53. The average molecular weight is 917 g/mol. The molecule has 6 nitrogen and oxygen atoms in total. The normalized spacial score (nSPS) is 14.0. The van der Waals surface area contributed by atoms with Crippen molar-refractivity contribution in [1.82, 2.24) is 5.32 Å². The Morgan fingerprint density at radius 1 is 0.369 bits per heavy atom. The number of carbonyl (C=O) groups is 1. The van der Waals surface area contributed by atoms with Crippen LogP contribution in [0.3, 0.4) is 0 Å². The van der Waals surface area contributed by atoms with Gasteiger partial charge < -0.3 is 25.7 Å². The molecule has 4 unspecified atom stereocenters. The van der Waals surface area contributed by atoms with Crippen LogP contribution in [0.15, 0.2) is 36.5 Å². The minimum Gasteiger partial charge on any atom is -0.394 e. The number of allylic oxidation sites excluding steroid dienone is 6. The summed E-state index contributed by atoms with van der Waals surface area (Å²) in [6, 6.07) is -1.01. The van der Waals surface area contributed by atoms with Crippen molar-refractivity contribution in [3.05, 3.63) is 36.5 Å². The van der Waals surface area contributed by atoms with E-state index in [9.17, 15) is 25.2 Å². The fourth-order valence-corrected chi connectivity index (χ4v) is 9.01. The summed E-state index contributed by atoms with van der Waals surface area (Å²) in [7, 11) is 0.